The second-order valence-electron chi connectivity index (χ2n) is 8.68. The minimum atomic E-state index is -0.426. The zero-order chi connectivity index (χ0) is 22.5. The predicted octanol–water partition coefficient (Wildman–Crippen LogP) is 5.12. The average molecular weight is 424 g/mol. The molecule has 0 aliphatic carbocycles. The number of para-hydroxylation sites is 1. The van der Waals surface area contributed by atoms with E-state index in [1.165, 1.54) is 0 Å². The molecule has 0 fully saturated rings. The van der Waals surface area contributed by atoms with Gasteiger partial charge in [0, 0.05) is 29.1 Å². The van der Waals surface area contributed by atoms with Crippen LogP contribution in [0, 0.1) is 0 Å². The lowest BCUT2D eigenvalue weighted by Crippen LogP contribution is -2.28. The Labute approximate surface area is 186 Å². The molecule has 0 aliphatic heterocycles. The van der Waals surface area contributed by atoms with Crippen molar-refractivity contribution in [2.45, 2.75) is 19.4 Å². The number of hydrogen-bond acceptors (Lipinski definition) is 4. The molecule has 0 amide bonds. The van der Waals surface area contributed by atoms with Gasteiger partial charge in [0.25, 0.3) is 0 Å². The first-order valence-corrected chi connectivity index (χ1v) is 10.5. The molecule has 0 bridgehead atoms. The largest absolute Gasteiger partial charge is 0.494 e. The van der Waals surface area contributed by atoms with Crippen LogP contribution in [0.3, 0.4) is 0 Å². The van der Waals surface area contributed by atoms with E-state index in [2.05, 4.69) is 9.97 Å². The highest BCUT2D eigenvalue weighted by atomic mass is 16.3. The highest BCUT2D eigenvalue weighted by Crippen LogP contribution is 2.32. The van der Waals surface area contributed by atoms with Gasteiger partial charge in [0.15, 0.2) is 5.88 Å². The van der Waals surface area contributed by atoms with Gasteiger partial charge in [0.1, 0.15) is 0 Å². The van der Waals surface area contributed by atoms with E-state index in [9.17, 15) is 5.11 Å². The van der Waals surface area contributed by atoms with E-state index in [1.54, 1.807) is 6.33 Å². The maximum absolute atomic E-state index is 10.8. The van der Waals surface area contributed by atoms with Gasteiger partial charge in [-0.1, -0.05) is 36.4 Å². The van der Waals surface area contributed by atoms with E-state index < -0.39 is 5.54 Å². The maximum atomic E-state index is 10.8. The smallest absolute Gasteiger partial charge is 0.199 e. The molecule has 0 saturated carbocycles. The molecule has 0 aliphatic rings. The van der Waals surface area contributed by atoms with Gasteiger partial charge in [-0.3, -0.25) is 0 Å². The zero-order valence-electron chi connectivity index (χ0n) is 18.3. The molecule has 160 valence electrons. The standard InChI is InChI=1S/C26H25N5O/c1-26(2,27)17-9-11-18(12-10-17)29-24(16-8-13-22-21(14-16)28-15-31(22)3)23-19-6-4-5-7-20(19)30-25(23)32/h4-15,30,32H,27H2,1-3H3. The summed E-state index contributed by atoms with van der Waals surface area (Å²) in [4.78, 5) is 12.5. The summed E-state index contributed by atoms with van der Waals surface area (Å²) in [6.45, 7) is 3.95. The molecule has 5 rings (SSSR count). The van der Waals surface area contributed by atoms with Gasteiger partial charge in [-0.2, -0.15) is 0 Å². The first kappa shape index (κ1) is 20.0. The van der Waals surface area contributed by atoms with Crippen molar-refractivity contribution >= 4 is 33.3 Å². The third-order valence-electron chi connectivity index (χ3n) is 5.77. The Morgan fingerprint density at radius 1 is 1.06 bits per heavy atom. The van der Waals surface area contributed by atoms with Gasteiger partial charge < -0.3 is 20.4 Å². The fourth-order valence-corrected chi connectivity index (χ4v) is 4.01. The average Bonchev–Trinajstić information content (AvgIpc) is 3.30. The molecule has 5 aromatic rings. The molecule has 2 heterocycles. The molecular weight excluding hydrogens is 398 g/mol. The number of benzene rings is 3. The molecule has 3 aromatic carbocycles. The maximum Gasteiger partial charge on any atom is 0.199 e. The molecule has 0 atom stereocenters. The summed E-state index contributed by atoms with van der Waals surface area (Å²) in [7, 11) is 1.97. The highest BCUT2D eigenvalue weighted by Gasteiger charge is 2.20. The van der Waals surface area contributed by atoms with Crippen molar-refractivity contribution in [3.8, 4) is 5.88 Å². The van der Waals surface area contributed by atoms with Crippen molar-refractivity contribution < 1.29 is 5.11 Å². The SMILES string of the molecule is Cn1cnc2cc(C(=Nc3ccc(C(C)(C)N)cc3)c3c(O)[nH]c4ccccc34)ccc21. The topological polar surface area (TPSA) is 92.2 Å². The van der Waals surface area contributed by atoms with Crippen molar-refractivity contribution in [2.24, 2.45) is 17.8 Å². The number of aromatic hydroxyl groups is 1. The molecule has 4 N–H and O–H groups in total. The van der Waals surface area contributed by atoms with Crippen LogP contribution in [0.2, 0.25) is 0 Å². The van der Waals surface area contributed by atoms with Crippen LogP contribution in [-0.2, 0) is 12.6 Å². The van der Waals surface area contributed by atoms with E-state index in [1.807, 2.05) is 92.2 Å². The summed E-state index contributed by atoms with van der Waals surface area (Å²) in [6, 6.07) is 21.8. The van der Waals surface area contributed by atoms with Gasteiger partial charge in [-0.05, 0) is 49.7 Å². The van der Waals surface area contributed by atoms with E-state index in [4.69, 9.17) is 10.7 Å². The molecule has 0 spiro atoms. The lowest BCUT2D eigenvalue weighted by atomic mass is 9.95. The van der Waals surface area contributed by atoms with Crippen LogP contribution < -0.4 is 5.73 Å². The predicted molar refractivity (Wildman–Crippen MR) is 130 cm³/mol. The Kier molecular flexibility index (Phi) is 4.60. The monoisotopic (exact) mass is 423 g/mol. The minimum absolute atomic E-state index is 0.0887. The molecule has 2 aromatic heterocycles. The fraction of sp³-hybridized carbons (Fsp3) is 0.154. The van der Waals surface area contributed by atoms with Crippen molar-refractivity contribution in [2.75, 3.05) is 0 Å². The first-order valence-electron chi connectivity index (χ1n) is 10.5. The van der Waals surface area contributed by atoms with Crippen molar-refractivity contribution in [1.82, 2.24) is 14.5 Å². The Morgan fingerprint density at radius 2 is 1.81 bits per heavy atom. The zero-order valence-corrected chi connectivity index (χ0v) is 18.3. The number of rotatable bonds is 4. The summed E-state index contributed by atoms with van der Waals surface area (Å²) >= 11 is 0. The van der Waals surface area contributed by atoms with Gasteiger partial charge in [-0.25, -0.2) is 9.98 Å². The number of aryl methyl sites for hydroxylation is 1. The van der Waals surface area contributed by atoms with E-state index in [0.717, 1.165) is 38.8 Å². The molecule has 6 nitrogen and oxygen atoms in total. The van der Waals surface area contributed by atoms with E-state index >= 15 is 0 Å². The Morgan fingerprint density at radius 3 is 2.56 bits per heavy atom. The summed E-state index contributed by atoms with van der Waals surface area (Å²) < 4.78 is 1.98. The highest BCUT2D eigenvalue weighted by molar-refractivity contribution is 6.22. The Bertz CT molecular complexity index is 1470. The minimum Gasteiger partial charge on any atom is -0.494 e. The lowest BCUT2D eigenvalue weighted by molar-refractivity contribution is 0.457. The van der Waals surface area contributed by atoms with Crippen LogP contribution in [0.15, 0.2) is 78.0 Å². The third kappa shape index (κ3) is 3.44. The summed E-state index contributed by atoms with van der Waals surface area (Å²) in [6.07, 6.45) is 1.79. The number of nitrogens with one attached hydrogen (secondary N) is 1. The number of imidazole rings is 1. The van der Waals surface area contributed by atoms with Crippen LogP contribution in [0.1, 0.15) is 30.5 Å². The third-order valence-corrected chi connectivity index (χ3v) is 5.77. The normalized spacial score (nSPS) is 12.7. The molecule has 32 heavy (non-hydrogen) atoms. The number of fused-ring (bicyclic) bond motifs is 2. The first-order chi connectivity index (χ1) is 15.3. The van der Waals surface area contributed by atoms with Crippen LogP contribution in [0.4, 0.5) is 5.69 Å². The van der Waals surface area contributed by atoms with Crippen LogP contribution >= 0.6 is 0 Å². The van der Waals surface area contributed by atoms with Gasteiger partial charge in [0.2, 0.25) is 0 Å². The molecular formula is C26H25N5O. The summed E-state index contributed by atoms with van der Waals surface area (Å²) in [5.41, 5.74) is 12.6. The van der Waals surface area contributed by atoms with Gasteiger partial charge in [0.05, 0.1) is 34.3 Å². The number of aromatic nitrogens is 3. The number of aromatic amines is 1. The number of H-pyrrole nitrogens is 1. The number of nitrogens with two attached hydrogens (primary N) is 1. The fourth-order valence-electron chi connectivity index (χ4n) is 4.01. The van der Waals surface area contributed by atoms with Gasteiger partial charge >= 0.3 is 0 Å². The Hall–Kier alpha value is -3.90. The van der Waals surface area contributed by atoms with E-state index in [-0.39, 0.29) is 5.88 Å². The second kappa shape index (κ2) is 7.35. The molecule has 0 saturated heterocycles. The summed E-state index contributed by atoms with van der Waals surface area (Å²) in [5, 5.41) is 11.7. The lowest BCUT2D eigenvalue weighted by Gasteiger charge is -2.19. The summed E-state index contributed by atoms with van der Waals surface area (Å²) in [5.74, 6) is 0.0887. The van der Waals surface area contributed by atoms with Crippen molar-refractivity contribution in [3.05, 3.63) is 89.7 Å². The molecule has 0 unspecified atom stereocenters. The quantitative estimate of drug-likeness (QED) is 0.350. The molecule has 6 heteroatoms. The van der Waals surface area contributed by atoms with Crippen molar-refractivity contribution in [3.63, 3.8) is 0 Å². The van der Waals surface area contributed by atoms with E-state index in [0.29, 0.717) is 11.3 Å². The number of nitrogens with zero attached hydrogens (tertiary/aromatic N) is 3. The van der Waals surface area contributed by atoms with Crippen LogP contribution in [0.25, 0.3) is 21.9 Å². The second-order valence-corrected chi connectivity index (χ2v) is 8.68. The molecule has 0 radical (unpaired) electrons. The van der Waals surface area contributed by atoms with Crippen LogP contribution in [-0.4, -0.2) is 25.4 Å². The number of hydrogen-bond donors (Lipinski definition) is 3. The van der Waals surface area contributed by atoms with Gasteiger partial charge in [-0.15, -0.1) is 0 Å². The van der Waals surface area contributed by atoms with Crippen molar-refractivity contribution in [1.29, 1.82) is 0 Å². The van der Waals surface area contributed by atoms with Crippen LogP contribution in [0.5, 0.6) is 5.88 Å². The number of aliphatic imine (C=N–C) groups is 1. The Balaban J connectivity index is 1.73.